The fraction of sp³-hybridized carbons (Fsp3) is 0.729. The molecule has 0 saturated carbocycles. The number of rotatable bonds is 58. The van der Waals surface area contributed by atoms with E-state index in [0.717, 1.165) is 89.9 Å². The van der Waals surface area contributed by atoms with Gasteiger partial charge in [-0.3, -0.25) is 4.79 Å². The lowest BCUT2D eigenvalue weighted by atomic mass is 10.0. The summed E-state index contributed by atoms with van der Waals surface area (Å²) in [5, 5.41) is 23.2. The van der Waals surface area contributed by atoms with E-state index >= 15 is 0 Å². The third kappa shape index (κ3) is 59.9. The smallest absolute Gasteiger partial charge is 0.220 e. The number of amides is 1. The number of carbonyl (C=O) groups is 1. The second-order valence-corrected chi connectivity index (χ2v) is 21.4. The Kier molecular flexibility index (Phi) is 61.8. The Hall–Kier alpha value is -2.95. The SMILES string of the molecule is CC/C=C\C/C=C\C/C=C\C/C=C\C/C=C\C/C=C\C/C=C\CCCCCCCCCC(=O)NC(CO)C(O)/C=C/CC/C=C/CCCCCCCCCCCCCCCCCCCCCCCCCCCCC. The van der Waals surface area contributed by atoms with Gasteiger partial charge in [-0.25, -0.2) is 0 Å². The minimum Gasteiger partial charge on any atom is -0.394 e. The van der Waals surface area contributed by atoms with Crippen molar-refractivity contribution in [2.24, 2.45) is 0 Å². The van der Waals surface area contributed by atoms with Crippen molar-refractivity contribution in [2.45, 2.75) is 321 Å². The highest BCUT2D eigenvalue weighted by molar-refractivity contribution is 5.76. The Balaban J connectivity index is 3.57. The van der Waals surface area contributed by atoms with Crippen molar-refractivity contribution < 1.29 is 15.0 Å². The molecule has 0 rings (SSSR count). The van der Waals surface area contributed by atoms with Gasteiger partial charge in [-0.05, 0) is 89.9 Å². The lowest BCUT2D eigenvalue weighted by molar-refractivity contribution is -0.123. The fourth-order valence-corrected chi connectivity index (χ4v) is 9.41. The molecule has 0 saturated heterocycles. The summed E-state index contributed by atoms with van der Waals surface area (Å²) in [6, 6.07) is -0.655. The van der Waals surface area contributed by atoms with Gasteiger partial charge in [0.15, 0.2) is 0 Å². The number of aliphatic hydroxyl groups excluding tert-OH is 2. The molecule has 0 aromatic rings. The lowest BCUT2D eigenvalue weighted by Gasteiger charge is -2.19. The maximum atomic E-state index is 12.5. The number of hydrogen-bond acceptors (Lipinski definition) is 3. The highest BCUT2D eigenvalue weighted by Crippen LogP contribution is 2.17. The standard InChI is InChI=1S/C70H123NO3/c1-3-5-7-9-11-13-15-17-19-21-23-25-27-29-31-33-34-35-36-38-39-41-43-45-47-49-51-53-55-57-59-61-63-65-69(73)68(67-72)71-70(74)66-64-62-60-58-56-54-52-50-48-46-44-42-40-37-32-30-28-26-24-22-20-18-16-14-12-10-8-6-4-2/h6,8,12,14,18,20,24,26,30,32,40,42,46,48,55,57,63,65,68-69,72-73H,3-5,7,9-11,13,15-17,19,21-23,25,27-29,31,33-39,41,43-45,47,49-54,56,58-62,64,66-67H2,1-2H3,(H,71,74)/b8-6-,14-12-,20-18-,26-24-,32-30-,42-40-,48-46-,57-55+,65-63+. The quantitative estimate of drug-likeness (QED) is 0.0420. The van der Waals surface area contributed by atoms with Gasteiger partial charge in [-0.2, -0.15) is 0 Å². The predicted molar refractivity (Wildman–Crippen MR) is 331 cm³/mol. The van der Waals surface area contributed by atoms with Gasteiger partial charge in [0.05, 0.1) is 18.8 Å². The minimum absolute atomic E-state index is 0.0867. The second kappa shape index (κ2) is 64.3. The van der Waals surface area contributed by atoms with Crippen LogP contribution >= 0.6 is 0 Å². The highest BCUT2D eigenvalue weighted by Gasteiger charge is 2.18. The van der Waals surface area contributed by atoms with E-state index in [9.17, 15) is 15.0 Å². The molecule has 74 heavy (non-hydrogen) atoms. The summed E-state index contributed by atoms with van der Waals surface area (Å²) in [6.45, 7) is 4.20. The van der Waals surface area contributed by atoms with Crippen LogP contribution in [0, 0.1) is 0 Å². The van der Waals surface area contributed by atoms with Crippen molar-refractivity contribution in [3.8, 4) is 0 Å². The van der Waals surface area contributed by atoms with Gasteiger partial charge in [-0.15, -0.1) is 0 Å². The van der Waals surface area contributed by atoms with Crippen LogP contribution in [0.5, 0.6) is 0 Å². The molecular formula is C70H123NO3. The van der Waals surface area contributed by atoms with Crippen molar-refractivity contribution in [2.75, 3.05) is 6.61 Å². The van der Waals surface area contributed by atoms with Crippen molar-refractivity contribution in [3.63, 3.8) is 0 Å². The maximum absolute atomic E-state index is 12.5. The molecule has 4 nitrogen and oxygen atoms in total. The number of hydrogen-bond donors (Lipinski definition) is 3. The number of unbranched alkanes of at least 4 members (excludes halogenated alkanes) is 35. The molecule has 0 radical (unpaired) electrons. The molecule has 2 unspecified atom stereocenters. The first-order valence-electron chi connectivity index (χ1n) is 32.1. The van der Waals surface area contributed by atoms with E-state index in [4.69, 9.17) is 0 Å². The molecule has 1 amide bonds. The molecule has 0 aliphatic heterocycles. The monoisotopic (exact) mass is 1030 g/mol. The van der Waals surface area contributed by atoms with Gasteiger partial charge in [-0.1, -0.05) is 322 Å². The van der Waals surface area contributed by atoms with Crippen molar-refractivity contribution in [1.29, 1.82) is 0 Å². The summed E-state index contributed by atoms with van der Waals surface area (Å²) in [6.07, 6.45) is 97.2. The lowest BCUT2D eigenvalue weighted by Crippen LogP contribution is -2.45. The number of aliphatic hydroxyl groups is 2. The number of carbonyl (C=O) groups excluding carboxylic acids is 1. The van der Waals surface area contributed by atoms with Crippen LogP contribution in [0.15, 0.2) is 109 Å². The molecule has 0 aliphatic rings. The maximum Gasteiger partial charge on any atom is 0.220 e. The van der Waals surface area contributed by atoms with Crippen LogP contribution in [0.3, 0.4) is 0 Å². The summed E-state index contributed by atoms with van der Waals surface area (Å²) in [4.78, 5) is 12.5. The normalized spacial score (nSPS) is 13.5. The zero-order valence-corrected chi connectivity index (χ0v) is 49.1. The molecule has 0 bridgehead atoms. The largest absolute Gasteiger partial charge is 0.394 e. The van der Waals surface area contributed by atoms with Crippen LogP contribution in [-0.4, -0.2) is 34.9 Å². The zero-order valence-electron chi connectivity index (χ0n) is 49.1. The van der Waals surface area contributed by atoms with Gasteiger partial charge in [0.25, 0.3) is 0 Å². The van der Waals surface area contributed by atoms with E-state index in [0.29, 0.717) is 6.42 Å². The van der Waals surface area contributed by atoms with Crippen LogP contribution in [0.2, 0.25) is 0 Å². The van der Waals surface area contributed by atoms with E-state index < -0.39 is 12.1 Å². The molecule has 0 heterocycles. The Morgan fingerprint density at radius 3 is 0.946 bits per heavy atom. The van der Waals surface area contributed by atoms with Gasteiger partial charge < -0.3 is 15.5 Å². The summed E-state index contributed by atoms with van der Waals surface area (Å²) < 4.78 is 0. The molecule has 4 heteroatoms. The highest BCUT2D eigenvalue weighted by atomic mass is 16.3. The van der Waals surface area contributed by atoms with E-state index in [2.05, 4.69) is 116 Å². The second-order valence-electron chi connectivity index (χ2n) is 21.4. The molecule has 3 N–H and O–H groups in total. The van der Waals surface area contributed by atoms with Crippen molar-refractivity contribution in [3.05, 3.63) is 109 Å². The van der Waals surface area contributed by atoms with E-state index in [1.165, 1.54) is 199 Å². The average Bonchev–Trinajstić information content (AvgIpc) is 3.40. The fourth-order valence-electron chi connectivity index (χ4n) is 9.41. The topological polar surface area (TPSA) is 69.6 Å². The molecule has 0 aromatic carbocycles. The Morgan fingerprint density at radius 2 is 0.608 bits per heavy atom. The van der Waals surface area contributed by atoms with E-state index in [1.807, 2.05) is 6.08 Å². The first-order chi connectivity index (χ1) is 36.7. The number of nitrogens with one attached hydrogen (secondary N) is 1. The number of allylic oxidation sites excluding steroid dienone is 17. The first-order valence-corrected chi connectivity index (χ1v) is 32.1. The van der Waals surface area contributed by atoms with Gasteiger partial charge in [0.1, 0.15) is 0 Å². The van der Waals surface area contributed by atoms with Crippen LogP contribution in [0.4, 0.5) is 0 Å². The molecule has 0 fully saturated rings. The molecule has 0 aliphatic carbocycles. The minimum atomic E-state index is -0.877. The zero-order chi connectivity index (χ0) is 53.4. The molecule has 2 atom stereocenters. The average molecular weight is 1030 g/mol. The molecule has 0 aromatic heterocycles. The van der Waals surface area contributed by atoms with Gasteiger partial charge in [0.2, 0.25) is 5.91 Å². The van der Waals surface area contributed by atoms with E-state index in [-0.39, 0.29) is 12.5 Å². The van der Waals surface area contributed by atoms with E-state index in [1.54, 1.807) is 6.08 Å². The molecule has 426 valence electrons. The molecule has 0 spiro atoms. The van der Waals surface area contributed by atoms with Crippen LogP contribution in [0.25, 0.3) is 0 Å². The van der Waals surface area contributed by atoms with Crippen LogP contribution in [-0.2, 0) is 4.79 Å². The third-order valence-electron chi connectivity index (χ3n) is 14.2. The van der Waals surface area contributed by atoms with Crippen LogP contribution in [0.1, 0.15) is 309 Å². The summed E-state index contributed by atoms with van der Waals surface area (Å²) in [5.41, 5.74) is 0. The Morgan fingerprint density at radius 1 is 0.338 bits per heavy atom. The summed E-state index contributed by atoms with van der Waals surface area (Å²) in [5.74, 6) is -0.0867. The first kappa shape index (κ1) is 71.0. The predicted octanol–water partition coefficient (Wildman–Crippen LogP) is 21.8. The van der Waals surface area contributed by atoms with Gasteiger partial charge >= 0.3 is 0 Å². The molecular weight excluding hydrogens is 903 g/mol. The summed E-state index contributed by atoms with van der Waals surface area (Å²) >= 11 is 0. The van der Waals surface area contributed by atoms with Crippen molar-refractivity contribution >= 4 is 5.91 Å². The van der Waals surface area contributed by atoms with Crippen LogP contribution < -0.4 is 5.32 Å². The van der Waals surface area contributed by atoms with Crippen molar-refractivity contribution in [1.82, 2.24) is 5.32 Å². The Bertz CT molecular complexity index is 1400. The Labute approximate surface area is 461 Å². The third-order valence-corrected chi connectivity index (χ3v) is 14.2. The summed E-state index contributed by atoms with van der Waals surface area (Å²) in [7, 11) is 0. The van der Waals surface area contributed by atoms with Gasteiger partial charge in [0, 0.05) is 6.42 Å².